The average Bonchev–Trinajstić information content (AvgIpc) is 3.41. The molecule has 3 aromatic rings. The Balaban J connectivity index is 1.66. The lowest BCUT2D eigenvalue weighted by Gasteiger charge is -2.16. The van der Waals surface area contributed by atoms with Crippen molar-refractivity contribution in [1.82, 2.24) is 24.8 Å². The molecule has 4 heterocycles. The molecular weight excluding hydrogens is 417 g/mol. The highest BCUT2D eigenvalue weighted by Gasteiger charge is 2.31. The van der Waals surface area contributed by atoms with Gasteiger partial charge in [0.1, 0.15) is 29.5 Å². The number of carbonyl (C=O) groups is 1. The van der Waals surface area contributed by atoms with Gasteiger partial charge in [-0.1, -0.05) is 11.8 Å². The highest BCUT2D eigenvalue weighted by atomic mass is 32.1. The van der Waals surface area contributed by atoms with Crippen molar-refractivity contribution in [3.05, 3.63) is 62.9 Å². The van der Waals surface area contributed by atoms with Crippen LogP contribution >= 0.6 is 11.3 Å². The van der Waals surface area contributed by atoms with E-state index in [1.807, 2.05) is 25.3 Å². The molecule has 0 radical (unpaired) electrons. The van der Waals surface area contributed by atoms with E-state index in [1.54, 1.807) is 24.1 Å². The Bertz CT molecular complexity index is 1180. The number of thiazole rings is 1. The molecule has 0 saturated carbocycles. The number of hydrogen-bond donors (Lipinski definition) is 1. The Hall–Kier alpha value is -3.09. The second kappa shape index (κ2) is 8.96. The molecule has 7 nitrogen and oxygen atoms in total. The van der Waals surface area contributed by atoms with Crippen molar-refractivity contribution in [3.63, 3.8) is 0 Å². The zero-order valence-corrected chi connectivity index (χ0v) is 18.3. The van der Waals surface area contributed by atoms with Gasteiger partial charge in [-0.05, 0) is 26.0 Å². The van der Waals surface area contributed by atoms with Crippen LogP contribution in [0.1, 0.15) is 49.9 Å². The van der Waals surface area contributed by atoms with Gasteiger partial charge in [0.15, 0.2) is 0 Å². The van der Waals surface area contributed by atoms with E-state index in [2.05, 4.69) is 32.1 Å². The largest absolute Gasteiger partial charge is 0.372 e. The number of amides is 1. The first kappa shape index (κ1) is 21.2. The molecule has 0 aromatic carbocycles. The molecule has 160 valence electrons. The third-order valence-corrected chi connectivity index (χ3v) is 5.88. The van der Waals surface area contributed by atoms with Crippen molar-refractivity contribution < 1.29 is 13.9 Å². The molecule has 0 aliphatic carbocycles. The molecule has 1 aliphatic rings. The lowest BCUT2D eigenvalue weighted by atomic mass is 10.1. The summed E-state index contributed by atoms with van der Waals surface area (Å²) in [7, 11) is 1.57. The van der Waals surface area contributed by atoms with E-state index in [0.29, 0.717) is 28.6 Å². The predicted octanol–water partition coefficient (Wildman–Crippen LogP) is 2.76. The summed E-state index contributed by atoms with van der Waals surface area (Å²) >= 11 is 1.43. The van der Waals surface area contributed by atoms with Crippen LogP contribution in [0.2, 0.25) is 0 Å². The number of ether oxygens (including phenoxy) is 1. The van der Waals surface area contributed by atoms with Gasteiger partial charge in [0.2, 0.25) is 0 Å². The van der Waals surface area contributed by atoms with Gasteiger partial charge in [-0.3, -0.25) is 4.79 Å². The fourth-order valence-corrected chi connectivity index (χ4v) is 4.40. The van der Waals surface area contributed by atoms with Crippen molar-refractivity contribution in [2.45, 2.75) is 39.0 Å². The van der Waals surface area contributed by atoms with E-state index in [9.17, 15) is 9.18 Å². The Morgan fingerprint density at radius 1 is 1.39 bits per heavy atom. The number of pyridine rings is 1. The van der Waals surface area contributed by atoms with Crippen LogP contribution in [0.4, 0.5) is 4.39 Å². The number of imidazole rings is 1. The fraction of sp³-hybridized carbons (Fsp3) is 0.364. The zero-order valence-electron chi connectivity index (χ0n) is 17.5. The van der Waals surface area contributed by atoms with E-state index < -0.39 is 12.2 Å². The van der Waals surface area contributed by atoms with Crippen LogP contribution in [0.3, 0.4) is 0 Å². The number of fused-ring (bicyclic) bond motifs is 1. The van der Waals surface area contributed by atoms with Crippen LogP contribution in [0.15, 0.2) is 23.8 Å². The number of aromatic nitrogens is 4. The molecule has 1 unspecified atom stereocenters. The first-order valence-corrected chi connectivity index (χ1v) is 10.7. The molecular formula is C22H22FN5O2S. The standard InChI is InChI=1S/C22H22FN5O2S/c1-13-7-15(5-4-6-30-3)8-17(25-13)21(29)27-20(22-26-14(2)11-31-22)19-18-9-16(23)10-28(18)12-24-19/h7-8,11-12,16,20H,6,9-10H2,1-3H3,(H,27,29)/t16-,20?/m1/s1. The smallest absolute Gasteiger partial charge is 0.270 e. The molecule has 1 amide bonds. The molecule has 0 spiro atoms. The van der Waals surface area contributed by atoms with E-state index in [-0.39, 0.29) is 24.6 Å². The maximum Gasteiger partial charge on any atom is 0.270 e. The summed E-state index contributed by atoms with van der Waals surface area (Å²) in [5, 5.41) is 5.62. The summed E-state index contributed by atoms with van der Waals surface area (Å²) < 4.78 is 20.7. The summed E-state index contributed by atoms with van der Waals surface area (Å²) in [6.07, 6.45) is 0.949. The van der Waals surface area contributed by atoms with Crippen LogP contribution in [0.5, 0.6) is 0 Å². The lowest BCUT2D eigenvalue weighted by molar-refractivity contribution is 0.0937. The number of alkyl halides is 1. The molecule has 31 heavy (non-hydrogen) atoms. The molecule has 0 saturated heterocycles. The number of hydrogen-bond acceptors (Lipinski definition) is 6. The van der Waals surface area contributed by atoms with Crippen molar-refractivity contribution in [2.24, 2.45) is 0 Å². The number of carbonyl (C=O) groups excluding carboxylic acids is 1. The normalized spacial score (nSPS) is 15.8. The monoisotopic (exact) mass is 439 g/mol. The van der Waals surface area contributed by atoms with Gasteiger partial charge in [0, 0.05) is 41.6 Å². The van der Waals surface area contributed by atoms with Crippen LogP contribution in [-0.2, 0) is 17.7 Å². The summed E-state index contributed by atoms with van der Waals surface area (Å²) in [6, 6.07) is 2.87. The van der Waals surface area contributed by atoms with Crippen LogP contribution in [0.25, 0.3) is 0 Å². The molecule has 2 atom stereocenters. The SMILES string of the molecule is COCC#Cc1cc(C)nc(C(=O)NC(c2nc(C)cs2)c2ncn3c2C[C@@H](F)C3)c1. The zero-order chi connectivity index (χ0) is 22.0. The van der Waals surface area contributed by atoms with E-state index >= 15 is 0 Å². The van der Waals surface area contributed by atoms with Gasteiger partial charge in [0.05, 0.1) is 18.6 Å². The van der Waals surface area contributed by atoms with Gasteiger partial charge in [-0.15, -0.1) is 11.3 Å². The predicted molar refractivity (Wildman–Crippen MR) is 115 cm³/mol. The average molecular weight is 440 g/mol. The van der Waals surface area contributed by atoms with Crippen LogP contribution < -0.4 is 5.32 Å². The van der Waals surface area contributed by atoms with Gasteiger partial charge < -0.3 is 14.6 Å². The Kier molecular flexibility index (Phi) is 6.11. The molecule has 1 aliphatic heterocycles. The summed E-state index contributed by atoms with van der Waals surface area (Å²) in [4.78, 5) is 26.5. The minimum absolute atomic E-state index is 0.249. The van der Waals surface area contributed by atoms with Crippen LogP contribution in [0, 0.1) is 25.7 Å². The molecule has 1 N–H and O–H groups in total. The number of nitrogens with one attached hydrogen (secondary N) is 1. The Labute approximate surface area is 183 Å². The summed E-state index contributed by atoms with van der Waals surface area (Å²) in [5.74, 6) is 5.49. The lowest BCUT2D eigenvalue weighted by Crippen LogP contribution is -2.31. The molecule has 0 fully saturated rings. The molecule has 3 aromatic heterocycles. The molecule has 9 heteroatoms. The van der Waals surface area contributed by atoms with Gasteiger partial charge >= 0.3 is 0 Å². The number of aryl methyl sites for hydroxylation is 2. The first-order chi connectivity index (χ1) is 14.9. The first-order valence-electron chi connectivity index (χ1n) is 9.82. The number of methoxy groups -OCH3 is 1. The Morgan fingerprint density at radius 3 is 2.97 bits per heavy atom. The van der Waals surface area contributed by atoms with E-state index in [0.717, 1.165) is 11.4 Å². The highest BCUT2D eigenvalue weighted by Crippen LogP contribution is 2.31. The van der Waals surface area contributed by atoms with Crippen molar-refractivity contribution in [3.8, 4) is 11.8 Å². The fourth-order valence-electron chi connectivity index (χ4n) is 3.56. The maximum absolute atomic E-state index is 14.0. The minimum Gasteiger partial charge on any atom is -0.372 e. The second-order valence-corrected chi connectivity index (χ2v) is 8.27. The van der Waals surface area contributed by atoms with Crippen molar-refractivity contribution >= 4 is 17.2 Å². The topological polar surface area (TPSA) is 81.9 Å². The van der Waals surface area contributed by atoms with Crippen LogP contribution in [-0.4, -0.2) is 45.3 Å². The quantitative estimate of drug-likeness (QED) is 0.619. The molecule has 0 bridgehead atoms. The third-order valence-electron chi connectivity index (χ3n) is 4.86. The third kappa shape index (κ3) is 4.65. The molecule has 4 rings (SSSR count). The Morgan fingerprint density at radius 2 is 2.23 bits per heavy atom. The van der Waals surface area contributed by atoms with Gasteiger partial charge in [-0.2, -0.15) is 0 Å². The van der Waals surface area contributed by atoms with E-state index in [4.69, 9.17) is 4.74 Å². The maximum atomic E-state index is 14.0. The van der Waals surface area contributed by atoms with Crippen molar-refractivity contribution in [2.75, 3.05) is 13.7 Å². The number of halogens is 1. The highest BCUT2D eigenvalue weighted by molar-refractivity contribution is 7.09. The van der Waals surface area contributed by atoms with Gasteiger partial charge in [-0.25, -0.2) is 19.3 Å². The number of rotatable bonds is 5. The minimum atomic E-state index is -0.946. The summed E-state index contributed by atoms with van der Waals surface area (Å²) in [6.45, 7) is 4.28. The van der Waals surface area contributed by atoms with E-state index in [1.165, 1.54) is 11.3 Å². The second-order valence-electron chi connectivity index (χ2n) is 7.38. The summed E-state index contributed by atoms with van der Waals surface area (Å²) in [5.41, 5.74) is 3.87. The van der Waals surface area contributed by atoms with Gasteiger partial charge in [0.25, 0.3) is 5.91 Å². The van der Waals surface area contributed by atoms with Crippen molar-refractivity contribution in [1.29, 1.82) is 0 Å². The number of nitrogens with zero attached hydrogens (tertiary/aromatic N) is 4.